The second-order valence-electron chi connectivity index (χ2n) is 5.88. The van der Waals surface area contributed by atoms with Gasteiger partial charge in [0.2, 0.25) is 0 Å². The summed E-state index contributed by atoms with van der Waals surface area (Å²) >= 11 is 1.75. The van der Waals surface area contributed by atoms with Crippen molar-refractivity contribution in [3.05, 3.63) is 22.4 Å². The molecule has 1 saturated heterocycles. The van der Waals surface area contributed by atoms with E-state index >= 15 is 0 Å². The first-order chi connectivity index (χ1) is 8.40. The lowest BCUT2D eigenvalue weighted by atomic mass is 9.84. The molecule has 4 heteroatoms. The largest absolute Gasteiger partial charge is 0.388 e. The summed E-state index contributed by atoms with van der Waals surface area (Å²) in [6.07, 6.45) is 1.39. The van der Waals surface area contributed by atoms with Crippen molar-refractivity contribution in [1.82, 2.24) is 5.32 Å². The topological polar surface area (TPSA) is 41.5 Å². The number of hydrogen-bond acceptors (Lipinski definition) is 4. The van der Waals surface area contributed by atoms with Crippen LogP contribution in [0.25, 0.3) is 0 Å². The van der Waals surface area contributed by atoms with Crippen LogP contribution in [0.4, 0.5) is 0 Å². The van der Waals surface area contributed by atoms with E-state index in [1.165, 1.54) is 4.88 Å². The molecule has 2 atom stereocenters. The van der Waals surface area contributed by atoms with E-state index in [1.54, 1.807) is 11.3 Å². The van der Waals surface area contributed by atoms with E-state index in [4.69, 9.17) is 4.74 Å². The molecular formula is C14H23NO2S. The van der Waals surface area contributed by atoms with Crippen LogP contribution >= 0.6 is 11.3 Å². The Labute approximate surface area is 113 Å². The molecule has 3 nitrogen and oxygen atoms in total. The number of nitrogens with one attached hydrogen (secondary N) is 1. The zero-order chi connectivity index (χ0) is 13.2. The van der Waals surface area contributed by atoms with Gasteiger partial charge in [0.05, 0.1) is 17.8 Å². The highest BCUT2D eigenvalue weighted by atomic mass is 32.1. The summed E-state index contributed by atoms with van der Waals surface area (Å²) in [5, 5.41) is 16.1. The Morgan fingerprint density at radius 2 is 2.33 bits per heavy atom. The summed E-state index contributed by atoms with van der Waals surface area (Å²) in [5.74, 6) is 0. The molecule has 0 aliphatic carbocycles. The van der Waals surface area contributed by atoms with Gasteiger partial charge < -0.3 is 15.2 Å². The van der Waals surface area contributed by atoms with Gasteiger partial charge in [0.25, 0.3) is 0 Å². The molecule has 0 unspecified atom stereocenters. The van der Waals surface area contributed by atoms with E-state index in [0.29, 0.717) is 32.0 Å². The average molecular weight is 269 g/mol. The van der Waals surface area contributed by atoms with E-state index in [1.807, 2.05) is 13.8 Å². The maximum absolute atomic E-state index is 10.6. The first kappa shape index (κ1) is 14.0. The van der Waals surface area contributed by atoms with Crippen molar-refractivity contribution in [2.75, 3.05) is 13.2 Å². The van der Waals surface area contributed by atoms with Crippen molar-refractivity contribution in [3.8, 4) is 0 Å². The third-order valence-corrected chi connectivity index (χ3v) is 4.58. The number of rotatable bonds is 4. The molecule has 1 aliphatic rings. The summed E-state index contributed by atoms with van der Waals surface area (Å²) in [4.78, 5) is 1.31. The van der Waals surface area contributed by atoms with Crippen LogP contribution in [0.15, 0.2) is 17.5 Å². The van der Waals surface area contributed by atoms with Crippen LogP contribution in [0.2, 0.25) is 0 Å². The van der Waals surface area contributed by atoms with Crippen LogP contribution in [0.3, 0.4) is 0 Å². The molecule has 2 heterocycles. The van der Waals surface area contributed by atoms with E-state index in [-0.39, 0.29) is 5.60 Å². The Hall–Kier alpha value is -0.420. The predicted molar refractivity (Wildman–Crippen MR) is 75.0 cm³/mol. The molecule has 0 saturated carbocycles. The third-order valence-electron chi connectivity index (χ3n) is 3.52. The lowest BCUT2D eigenvalue weighted by Crippen LogP contribution is -2.51. The predicted octanol–water partition coefficient (Wildman–Crippen LogP) is 2.72. The summed E-state index contributed by atoms with van der Waals surface area (Å²) in [7, 11) is 0. The molecule has 1 aromatic rings. The minimum Gasteiger partial charge on any atom is -0.388 e. The highest BCUT2D eigenvalue weighted by Crippen LogP contribution is 2.32. The van der Waals surface area contributed by atoms with E-state index in [0.717, 1.165) is 0 Å². The Morgan fingerprint density at radius 1 is 1.56 bits per heavy atom. The van der Waals surface area contributed by atoms with Gasteiger partial charge in [0.15, 0.2) is 0 Å². The van der Waals surface area contributed by atoms with Crippen LogP contribution in [-0.2, 0) is 4.74 Å². The lowest BCUT2D eigenvalue weighted by Gasteiger charge is -2.42. The van der Waals surface area contributed by atoms with Crippen molar-refractivity contribution in [2.24, 2.45) is 0 Å². The van der Waals surface area contributed by atoms with E-state index in [9.17, 15) is 5.11 Å². The first-order valence-electron chi connectivity index (χ1n) is 6.53. The Morgan fingerprint density at radius 3 is 2.94 bits per heavy atom. The summed E-state index contributed by atoms with van der Waals surface area (Å²) in [6, 6.07) is 4.48. The van der Waals surface area contributed by atoms with Crippen LogP contribution in [0, 0.1) is 0 Å². The molecular weight excluding hydrogens is 246 g/mol. The minimum atomic E-state index is -0.646. The summed E-state index contributed by atoms with van der Waals surface area (Å²) in [6.45, 7) is 7.48. The zero-order valence-electron chi connectivity index (χ0n) is 11.4. The molecule has 2 N–H and O–H groups in total. The van der Waals surface area contributed by atoms with Gasteiger partial charge in [-0.15, -0.1) is 11.3 Å². The summed E-state index contributed by atoms with van der Waals surface area (Å²) in [5.41, 5.74) is -0.867. The fraction of sp³-hybridized carbons (Fsp3) is 0.714. The molecule has 18 heavy (non-hydrogen) atoms. The van der Waals surface area contributed by atoms with Gasteiger partial charge in [-0.1, -0.05) is 6.07 Å². The van der Waals surface area contributed by atoms with Crippen molar-refractivity contribution >= 4 is 11.3 Å². The molecule has 102 valence electrons. The van der Waals surface area contributed by atoms with Gasteiger partial charge in [0, 0.05) is 30.3 Å². The molecule has 0 radical (unpaired) electrons. The maximum atomic E-state index is 10.6. The highest BCUT2D eigenvalue weighted by Gasteiger charge is 2.39. The smallest absolute Gasteiger partial charge is 0.0820 e. The van der Waals surface area contributed by atoms with Crippen molar-refractivity contribution < 1.29 is 9.84 Å². The SMILES string of the molecule is C[C@H](NC[C@]1(O)CCOC(C)(C)C1)c1cccs1. The molecule has 0 bridgehead atoms. The van der Waals surface area contributed by atoms with E-state index in [2.05, 4.69) is 29.8 Å². The average Bonchev–Trinajstić information content (AvgIpc) is 2.77. The number of ether oxygens (including phenoxy) is 1. The Balaban J connectivity index is 1.89. The number of thiophene rings is 1. The van der Waals surface area contributed by atoms with Gasteiger partial charge in [-0.25, -0.2) is 0 Å². The lowest BCUT2D eigenvalue weighted by molar-refractivity contribution is -0.142. The van der Waals surface area contributed by atoms with Gasteiger partial charge >= 0.3 is 0 Å². The molecule has 0 amide bonds. The Bertz CT molecular complexity index is 377. The minimum absolute atomic E-state index is 0.221. The highest BCUT2D eigenvalue weighted by molar-refractivity contribution is 7.10. The van der Waals surface area contributed by atoms with Crippen LogP contribution in [0.5, 0.6) is 0 Å². The fourth-order valence-electron chi connectivity index (χ4n) is 2.58. The van der Waals surface area contributed by atoms with E-state index < -0.39 is 5.60 Å². The van der Waals surface area contributed by atoms with Crippen molar-refractivity contribution in [3.63, 3.8) is 0 Å². The molecule has 0 aromatic carbocycles. The second kappa shape index (κ2) is 5.29. The van der Waals surface area contributed by atoms with Gasteiger partial charge in [-0.05, 0) is 32.2 Å². The van der Waals surface area contributed by atoms with Crippen molar-refractivity contribution in [1.29, 1.82) is 0 Å². The molecule has 2 rings (SSSR count). The van der Waals surface area contributed by atoms with Gasteiger partial charge in [-0.3, -0.25) is 0 Å². The van der Waals surface area contributed by atoms with Crippen molar-refractivity contribution in [2.45, 2.75) is 50.9 Å². The standard InChI is InChI=1S/C14H23NO2S/c1-11(12-5-4-8-18-12)15-10-14(16)6-7-17-13(2,3)9-14/h4-5,8,11,15-16H,6-7,9-10H2,1-3H3/t11-,14-/m0/s1. The quantitative estimate of drug-likeness (QED) is 0.883. The second-order valence-corrected chi connectivity index (χ2v) is 6.86. The normalized spacial score (nSPS) is 29.1. The summed E-state index contributed by atoms with van der Waals surface area (Å²) < 4.78 is 5.65. The van der Waals surface area contributed by atoms with Crippen LogP contribution in [0.1, 0.15) is 44.5 Å². The van der Waals surface area contributed by atoms with Crippen LogP contribution in [-0.4, -0.2) is 29.5 Å². The van der Waals surface area contributed by atoms with Gasteiger partial charge in [-0.2, -0.15) is 0 Å². The first-order valence-corrected chi connectivity index (χ1v) is 7.41. The molecule has 1 fully saturated rings. The molecule has 1 aromatic heterocycles. The molecule has 1 aliphatic heterocycles. The number of hydrogen-bond donors (Lipinski definition) is 2. The molecule has 0 spiro atoms. The van der Waals surface area contributed by atoms with Crippen LogP contribution < -0.4 is 5.32 Å². The Kier molecular flexibility index (Phi) is 4.11. The maximum Gasteiger partial charge on any atom is 0.0820 e. The zero-order valence-corrected chi connectivity index (χ0v) is 12.2. The monoisotopic (exact) mass is 269 g/mol. The van der Waals surface area contributed by atoms with Gasteiger partial charge in [0.1, 0.15) is 0 Å². The third kappa shape index (κ3) is 3.54. The fourth-order valence-corrected chi connectivity index (χ4v) is 3.34. The number of aliphatic hydroxyl groups is 1.